The second kappa shape index (κ2) is 6.69. The van der Waals surface area contributed by atoms with Gasteiger partial charge >= 0.3 is 0 Å². The molecule has 26 heavy (non-hydrogen) atoms. The van der Waals surface area contributed by atoms with E-state index in [1.165, 1.54) is 16.8 Å². The Kier molecular flexibility index (Phi) is 4.37. The van der Waals surface area contributed by atoms with E-state index in [2.05, 4.69) is 41.9 Å². The minimum atomic E-state index is 0.0686. The van der Waals surface area contributed by atoms with E-state index < -0.39 is 0 Å². The summed E-state index contributed by atoms with van der Waals surface area (Å²) in [4.78, 5) is 20.5. The molecule has 0 spiro atoms. The van der Waals surface area contributed by atoms with Gasteiger partial charge in [0.2, 0.25) is 0 Å². The van der Waals surface area contributed by atoms with E-state index in [-0.39, 0.29) is 5.91 Å². The lowest BCUT2D eigenvalue weighted by molar-refractivity contribution is 0.0749. The van der Waals surface area contributed by atoms with Gasteiger partial charge in [0.05, 0.1) is 5.56 Å². The fourth-order valence-corrected chi connectivity index (χ4v) is 3.84. The molecule has 0 radical (unpaired) electrons. The molecule has 1 fully saturated rings. The number of rotatable bonds is 2. The number of carbonyl (C=O) groups is 1. The van der Waals surface area contributed by atoms with Crippen molar-refractivity contribution in [2.75, 3.05) is 31.1 Å². The van der Waals surface area contributed by atoms with Crippen LogP contribution in [-0.4, -0.2) is 42.0 Å². The maximum absolute atomic E-state index is 13.0. The molecule has 1 amide bonds. The molecule has 1 aliphatic rings. The summed E-state index contributed by atoms with van der Waals surface area (Å²) in [5.41, 5.74) is 5.53. The van der Waals surface area contributed by atoms with Crippen LogP contribution in [0.25, 0.3) is 10.9 Å². The Hall–Kier alpha value is -2.46. The van der Waals surface area contributed by atoms with Crippen LogP contribution in [0.1, 0.15) is 21.5 Å². The maximum Gasteiger partial charge on any atom is 0.256 e. The molecule has 4 nitrogen and oxygen atoms in total. The van der Waals surface area contributed by atoms with Crippen LogP contribution in [0.4, 0.5) is 5.69 Å². The van der Waals surface area contributed by atoms with Crippen LogP contribution >= 0.6 is 11.6 Å². The van der Waals surface area contributed by atoms with Gasteiger partial charge in [0.25, 0.3) is 5.91 Å². The molecule has 0 unspecified atom stereocenters. The summed E-state index contributed by atoms with van der Waals surface area (Å²) in [7, 11) is 0. The van der Waals surface area contributed by atoms with E-state index in [9.17, 15) is 4.79 Å². The Morgan fingerprint density at radius 2 is 1.85 bits per heavy atom. The third-order valence-electron chi connectivity index (χ3n) is 5.36. The van der Waals surface area contributed by atoms with Crippen LogP contribution < -0.4 is 4.90 Å². The number of hydrogen-bond donors (Lipinski definition) is 1. The van der Waals surface area contributed by atoms with E-state index in [1.54, 1.807) is 6.20 Å². The van der Waals surface area contributed by atoms with Crippen molar-refractivity contribution in [3.63, 3.8) is 0 Å². The molecule has 4 rings (SSSR count). The first-order valence-corrected chi connectivity index (χ1v) is 9.29. The van der Waals surface area contributed by atoms with Gasteiger partial charge in [-0.05, 0) is 49.2 Å². The predicted octanol–water partition coefficient (Wildman–Crippen LogP) is 4.40. The van der Waals surface area contributed by atoms with Crippen LogP contribution in [-0.2, 0) is 0 Å². The number of benzene rings is 2. The first kappa shape index (κ1) is 17.0. The summed E-state index contributed by atoms with van der Waals surface area (Å²) in [6, 6.07) is 12.0. The Labute approximate surface area is 158 Å². The highest BCUT2D eigenvalue weighted by Gasteiger charge is 2.25. The molecule has 2 aromatic carbocycles. The highest BCUT2D eigenvalue weighted by molar-refractivity contribution is 6.31. The minimum Gasteiger partial charge on any atom is -0.368 e. The lowest BCUT2D eigenvalue weighted by Gasteiger charge is -2.37. The quantitative estimate of drug-likeness (QED) is 0.729. The zero-order valence-corrected chi connectivity index (χ0v) is 15.8. The van der Waals surface area contributed by atoms with Gasteiger partial charge in [0.1, 0.15) is 0 Å². The number of carbonyl (C=O) groups excluding carboxylic acids is 1. The van der Waals surface area contributed by atoms with Crippen molar-refractivity contribution < 1.29 is 4.79 Å². The van der Waals surface area contributed by atoms with Crippen LogP contribution in [0.15, 0.2) is 42.6 Å². The fraction of sp³-hybridized carbons (Fsp3) is 0.286. The number of aromatic nitrogens is 1. The fourth-order valence-electron chi connectivity index (χ4n) is 3.67. The van der Waals surface area contributed by atoms with E-state index in [4.69, 9.17) is 11.6 Å². The summed E-state index contributed by atoms with van der Waals surface area (Å²) >= 11 is 6.11. The third kappa shape index (κ3) is 2.95. The average Bonchev–Trinajstić information content (AvgIpc) is 3.06. The van der Waals surface area contributed by atoms with Crippen LogP contribution in [0.3, 0.4) is 0 Å². The smallest absolute Gasteiger partial charge is 0.256 e. The van der Waals surface area contributed by atoms with Crippen molar-refractivity contribution in [2.24, 2.45) is 0 Å². The van der Waals surface area contributed by atoms with Crippen LogP contribution in [0.2, 0.25) is 5.02 Å². The summed E-state index contributed by atoms with van der Waals surface area (Å²) < 4.78 is 0. The van der Waals surface area contributed by atoms with Crippen molar-refractivity contribution in [1.82, 2.24) is 9.88 Å². The number of piperazine rings is 1. The van der Waals surface area contributed by atoms with Crippen molar-refractivity contribution in [1.29, 1.82) is 0 Å². The number of hydrogen-bond acceptors (Lipinski definition) is 2. The number of halogens is 1. The lowest BCUT2D eigenvalue weighted by atomic mass is 10.1. The van der Waals surface area contributed by atoms with E-state index in [0.29, 0.717) is 10.6 Å². The highest BCUT2D eigenvalue weighted by atomic mass is 35.5. The minimum absolute atomic E-state index is 0.0686. The van der Waals surface area contributed by atoms with Crippen molar-refractivity contribution >= 4 is 34.1 Å². The third-order valence-corrected chi connectivity index (χ3v) is 5.59. The van der Waals surface area contributed by atoms with Gasteiger partial charge in [-0.15, -0.1) is 0 Å². The molecule has 0 bridgehead atoms. The number of H-pyrrole nitrogens is 1. The average molecular weight is 368 g/mol. The second-order valence-electron chi connectivity index (χ2n) is 6.89. The number of nitrogens with one attached hydrogen (secondary N) is 1. The number of anilines is 1. The molecular formula is C21H22ClN3O. The zero-order valence-electron chi connectivity index (χ0n) is 15.1. The van der Waals surface area contributed by atoms with Crippen molar-refractivity contribution in [3.8, 4) is 0 Å². The number of fused-ring (bicyclic) bond motifs is 1. The second-order valence-corrected chi connectivity index (χ2v) is 7.33. The van der Waals surface area contributed by atoms with Gasteiger partial charge in [0, 0.05) is 54.0 Å². The topological polar surface area (TPSA) is 39.3 Å². The van der Waals surface area contributed by atoms with Gasteiger partial charge in [-0.1, -0.05) is 23.7 Å². The van der Waals surface area contributed by atoms with Crippen molar-refractivity contribution in [2.45, 2.75) is 13.8 Å². The summed E-state index contributed by atoms with van der Waals surface area (Å²) in [6.07, 6.45) is 1.79. The van der Waals surface area contributed by atoms with Gasteiger partial charge in [-0.3, -0.25) is 4.79 Å². The standard InChI is InChI=1S/C21H22ClN3O/c1-14-4-3-5-20(15(14)2)24-8-10-25(11-9-24)21(26)18-13-23-19-7-6-16(22)12-17(18)19/h3-7,12-13,23H,8-11H2,1-2H3. The molecule has 1 aliphatic heterocycles. The monoisotopic (exact) mass is 367 g/mol. The van der Waals surface area contributed by atoms with E-state index in [1.807, 2.05) is 23.1 Å². The van der Waals surface area contributed by atoms with Crippen LogP contribution in [0.5, 0.6) is 0 Å². The van der Waals surface area contributed by atoms with Gasteiger partial charge < -0.3 is 14.8 Å². The predicted molar refractivity (Wildman–Crippen MR) is 107 cm³/mol. The molecular weight excluding hydrogens is 346 g/mol. The largest absolute Gasteiger partial charge is 0.368 e. The molecule has 134 valence electrons. The van der Waals surface area contributed by atoms with Gasteiger partial charge in [-0.25, -0.2) is 0 Å². The lowest BCUT2D eigenvalue weighted by Crippen LogP contribution is -2.49. The van der Waals surface area contributed by atoms with E-state index >= 15 is 0 Å². The van der Waals surface area contributed by atoms with Crippen LogP contribution in [0, 0.1) is 13.8 Å². The SMILES string of the molecule is Cc1cccc(N2CCN(C(=O)c3c[nH]c4ccc(Cl)cc34)CC2)c1C. The molecule has 5 heteroatoms. The maximum atomic E-state index is 13.0. The number of amides is 1. The summed E-state index contributed by atoms with van der Waals surface area (Å²) in [5.74, 6) is 0.0686. The summed E-state index contributed by atoms with van der Waals surface area (Å²) in [6.45, 7) is 7.44. The normalized spacial score (nSPS) is 14.9. The van der Waals surface area contributed by atoms with Gasteiger partial charge in [-0.2, -0.15) is 0 Å². The molecule has 2 heterocycles. The Balaban J connectivity index is 1.51. The number of aromatic amines is 1. The molecule has 0 atom stereocenters. The zero-order chi connectivity index (χ0) is 18.3. The molecule has 1 aromatic heterocycles. The highest BCUT2D eigenvalue weighted by Crippen LogP contribution is 2.26. The Morgan fingerprint density at radius 1 is 1.08 bits per heavy atom. The van der Waals surface area contributed by atoms with E-state index in [0.717, 1.165) is 37.1 Å². The molecule has 3 aromatic rings. The van der Waals surface area contributed by atoms with Crippen molar-refractivity contribution in [3.05, 3.63) is 64.3 Å². The van der Waals surface area contributed by atoms with Gasteiger partial charge in [0.15, 0.2) is 0 Å². The molecule has 0 aliphatic carbocycles. The molecule has 1 saturated heterocycles. The molecule has 0 saturated carbocycles. The Morgan fingerprint density at radius 3 is 2.62 bits per heavy atom. The number of aryl methyl sites for hydroxylation is 1. The summed E-state index contributed by atoms with van der Waals surface area (Å²) in [5, 5.41) is 1.53. The first-order chi connectivity index (χ1) is 12.5. The number of nitrogens with zero attached hydrogens (tertiary/aromatic N) is 2. The first-order valence-electron chi connectivity index (χ1n) is 8.91. The molecule has 1 N–H and O–H groups in total. The Bertz CT molecular complexity index is 971.